The Balaban J connectivity index is 2.55. The second-order valence-corrected chi connectivity index (χ2v) is 2.68. The van der Waals surface area contributed by atoms with E-state index in [1.807, 2.05) is 25.1 Å². The first-order valence-corrected chi connectivity index (χ1v) is 3.85. The van der Waals surface area contributed by atoms with Gasteiger partial charge in [0.25, 0.3) is 0 Å². The average molecular weight is 157 g/mol. The van der Waals surface area contributed by atoms with Crippen molar-refractivity contribution in [1.29, 1.82) is 0 Å². The molecule has 1 heterocycles. The second-order valence-electron chi connectivity index (χ2n) is 2.68. The van der Waals surface area contributed by atoms with Crippen LogP contribution in [0.4, 0.5) is 0 Å². The van der Waals surface area contributed by atoms with Crippen LogP contribution in [-0.2, 0) is 0 Å². The Morgan fingerprint density at radius 3 is 3.00 bits per heavy atom. The van der Waals surface area contributed by atoms with Gasteiger partial charge in [-0.2, -0.15) is 5.10 Å². The van der Waals surface area contributed by atoms with Gasteiger partial charge in [0.1, 0.15) is 0 Å². The fraction of sp³-hybridized carbons (Fsp3) is 0.100. The number of rotatable bonds is 1. The number of H-pyrrole nitrogens is 1. The highest BCUT2D eigenvalue weighted by atomic mass is 15.1. The third kappa shape index (κ3) is 1.11. The van der Waals surface area contributed by atoms with E-state index in [1.54, 1.807) is 6.20 Å². The summed E-state index contributed by atoms with van der Waals surface area (Å²) >= 11 is 0. The molecule has 0 unspecified atom stereocenters. The number of aromatic amines is 1. The topological polar surface area (TPSA) is 28.7 Å². The van der Waals surface area contributed by atoms with E-state index in [-0.39, 0.29) is 0 Å². The molecule has 0 aliphatic heterocycles. The molecule has 0 saturated carbocycles. The molecule has 12 heavy (non-hydrogen) atoms. The van der Waals surface area contributed by atoms with Crippen LogP contribution in [0.15, 0.2) is 30.5 Å². The highest BCUT2D eigenvalue weighted by Crippen LogP contribution is 2.19. The quantitative estimate of drug-likeness (QED) is 0.675. The van der Waals surface area contributed by atoms with E-state index < -0.39 is 0 Å². The first-order chi connectivity index (χ1) is 5.88. The van der Waals surface area contributed by atoms with Crippen LogP contribution in [0.3, 0.4) is 0 Å². The zero-order chi connectivity index (χ0) is 8.39. The van der Waals surface area contributed by atoms with Gasteiger partial charge >= 0.3 is 0 Å². The van der Waals surface area contributed by atoms with Crippen molar-refractivity contribution >= 4 is 0 Å². The van der Waals surface area contributed by atoms with Crippen LogP contribution in [-0.4, -0.2) is 10.2 Å². The molecule has 0 fully saturated rings. The number of aromatic nitrogens is 2. The molecule has 0 saturated heterocycles. The lowest BCUT2D eigenvalue weighted by atomic mass is 10.1. The standard InChI is InChI=1S/C10H9N2/c1-8-4-2-3-5-9(8)10-6-7-11-12-10/h2-3,5-7H,1H3,(H,11,12). The molecule has 0 spiro atoms. The Labute approximate surface area is 71.3 Å². The van der Waals surface area contributed by atoms with E-state index in [9.17, 15) is 0 Å². The van der Waals surface area contributed by atoms with Gasteiger partial charge in [0.05, 0.1) is 5.69 Å². The Kier molecular flexibility index (Phi) is 1.67. The molecule has 1 radical (unpaired) electrons. The predicted octanol–water partition coefficient (Wildman–Crippen LogP) is 2.19. The summed E-state index contributed by atoms with van der Waals surface area (Å²) in [6.45, 7) is 2.04. The minimum Gasteiger partial charge on any atom is -0.278 e. The number of hydrogen-bond donors (Lipinski definition) is 1. The van der Waals surface area contributed by atoms with Gasteiger partial charge in [0, 0.05) is 11.8 Å². The lowest BCUT2D eigenvalue weighted by molar-refractivity contribution is 1.09. The largest absolute Gasteiger partial charge is 0.278 e. The smallest absolute Gasteiger partial charge is 0.0653 e. The molecule has 0 bridgehead atoms. The van der Waals surface area contributed by atoms with Gasteiger partial charge < -0.3 is 0 Å². The van der Waals surface area contributed by atoms with Crippen molar-refractivity contribution in [3.05, 3.63) is 42.1 Å². The summed E-state index contributed by atoms with van der Waals surface area (Å²) in [5.41, 5.74) is 3.35. The van der Waals surface area contributed by atoms with Crippen LogP contribution in [0.1, 0.15) is 5.56 Å². The maximum Gasteiger partial charge on any atom is 0.0653 e. The summed E-state index contributed by atoms with van der Waals surface area (Å²) in [6, 6.07) is 11.0. The molecule has 2 nitrogen and oxygen atoms in total. The lowest BCUT2D eigenvalue weighted by Gasteiger charge is -1.99. The van der Waals surface area contributed by atoms with Crippen molar-refractivity contribution < 1.29 is 0 Å². The first kappa shape index (κ1) is 7.10. The summed E-state index contributed by atoms with van der Waals surface area (Å²) in [4.78, 5) is 0. The average Bonchev–Trinajstić information content (AvgIpc) is 2.57. The van der Waals surface area contributed by atoms with Crippen molar-refractivity contribution in [2.75, 3.05) is 0 Å². The Bertz CT molecular complexity index is 363. The van der Waals surface area contributed by atoms with E-state index in [2.05, 4.69) is 22.3 Å². The van der Waals surface area contributed by atoms with Crippen LogP contribution in [0.2, 0.25) is 0 Å². The predicted molar refractivity (Wildman–Crippen MR) is 47.6 cm³/mol. The van der Waals surface area contributed by atoms with Gasteiger partial charge in [0.2, 0.25) is 0 Å². The van der Waals surface area contributed by atoms with E-state index in [0.717, 1.165) is 16.8 Å². The highest BCUT2D eigenvalue weighted by Gasteiger charge is 2.00. The third-order valence-corrected chi connectivity index (χ3v) is 1.85. The van der Waals surface area contributed by atoms with E-state index in [1.165, 1.54) is 0 Å². The van der Waals surface area contributed by atoms with Crippen LogP contribution in [0.5, 0.6) is 0 Å². The third-order valence-electron chi connectivity index (χ3n) is 1.85. The summed E-state index contributed by atoms with van der Waals surface area (Å²) in [6.07, 6.45) is 1.75. The number of benzene rings is 1. The zero-order valence-electron chi connectivity index (χ0n) is 6.83. The Hall–Kier alpha value is -1.57. The van der Waals surface area contributed by atoms with Gasteiger partial charge in [0.15, 0.2) is 0 Å². The van der Waals surface area contributed by atoms with Gasteiger partial charge in [-0.3, -0.25) is 5.10 Å². The Morgan fingerprint density at radius 1 is 1.42 bits per heavy atom. The minimum absolute atomic E-state index is 1.05. The van der Waals surface area contributed by atoms with Crippen molar-refractivity contribution in [3.63, 3.8) is 0 Å². The number of aryl methyl sites for hydroxylation is 1. The molecule has 0 atom stereocenters. The number of hydrogen-bond acceptors (Lipinski definition) is 1. The normalized spacial score (nSPS) is 10.1. The maximum atomic E-state index is 3.90. The molecule has 2 aromatic rings. The maximum absolute atomic E-state index is 3.90. The number of nitrogens with one attached hydrogen (secondary N) is 1. The zero-order valence-corrected chi connectivity index (χ0v) is 6.83. The summed E-state index contributed by atoms with van der Waals surface area (Å²) < 4.78 is 0. The van der Waals surface area contributed by atoms with Crippen LogP contribution >= 0.6 is 0 Å². The van der Waals surface area contributed by atoms with Gasteiger partial charge in [-0.25, -0.2) is 0 Å². The van der Waals surface area contributed by atoms with Crippen molar-refractivity contribution in [3.8, 4) is 11.3 Å². The molecule has 1 aromatic heterocycles. The Morgan fingerprint density at radius 2 is 2.33 bits per heavy atom. The van der Waals surface area contributed by atoms with Crippen LogP contribution in [0, 0.1) is 13.0 Å². The van der Waals surface area contributed by atoms with E-state index in [0.29, 0.717) is 0 Å². The fourth-order valence-corrected chi connectivity index (χ4v) is 1.22. The van der Waals surface area contributed by atoms with Crippen LogP contribution < -0.4 is 0 Å². The van der Waals surface area contributed by atoms with Crippen LogP contribution in [0.25, 0.3) is 11.3 Å². The van der Waals surface area contributed by atoms with Crippen molar-refractivity contribution in [2.24, 2.45) is 0 Å². The molecular formula is C10H9N2. The van der Waals surface area contributed by atoms with E-state index in [4.69, 9.17) is 0 Å². The van der Waals surface area contributed by atoms with Gasteiger partial charge in [-0.1, -0.05) is 18.2 Å². The summed E-state index contributed by atoms with van der Waals surface area (Å²) in [5, 5.41) is 6.83. The summed E-state index contributed by atoms with van der Waals surface area (Å²) in [7, 11) is 0. The first-order valence-electron chi connectivity index (χ1n) is 3.85. The molecule has 59 valence electrons. The molecule has 0 aliphatic rings. The lowest BCUT2D eigenvalue weighted by Crippen LogP contribution is -1.82. The minimum atomic E-state index is 1.05. The molecule has 0 aliphatic carbocycles. The molecule has 0 amide bonds. The highest BCUT2D eigenvalue weighted by molar-refractivity contribution is 5.62. The van der Waals surface area contributed by atoms with Gasteiger partial charge in [-0.15, -0.1) is 0 Å². The second kappa shape index (κ2) is 2.81. The van der Waals surface area contributed by atoms with Gasteiger partial charge in [-0.05, 0) is 24.6 Å². The summed E-state index contributed by atoms with van der Waals surface area (Å²) in [5.74, 6) is 0. The fourth-order valence-electron chi connectivity index (χ4n) is 1.22. The monoisotopic (exact) mass is 157 g/mol. The molecule has 2 rings (SSSR count). The molecular weight excluding hydrogens is 148 g/mol. The number of nitrogens with zero attached hydrogens (tertiary/aromatic N) is 1. The van der Waals surface area contributed by atoms with Crippen molar-refractivity contribution in [1.82, 2.24) is 10.2 Å². The molecule has 2 heteroatoms. The van der Waals surface area contributed by atoms with Crippen molar-refractivity contribution in [2.45, 2.75) is 6.92 Å². The molecule has 1 aromatic carbocycles. The SMILES string of the molecule is Cc1[c]cccc1-c1ccn[nH]1. The molecule has 1 N–H and O–H groups in total. The van der Waals surface area contributed by atoms with E-state index >= 15 is 0 Å².